The van der Waals surface area contributed by atoms with Crippen molar-refractivity contribution in [2.75, 3.05) is 13.1 Å². The summed E-state index contributed by atoms with van der Waals surface area (Å²) in [7, 11) is 0. The number of fused-ring (bicyclic) bond motifs is 2. The molecule has 1 saturated heterocycles. The minimum Gasteiger partial charge on any atom is -0.342 e. The van der Waals surface area contributed by atoms with Crippen LogP contribution >= 0.6 is 11.3 Å². The zero-order valence-electron chi connectivity index (χ0n) is 13.5. The van der Waals surface area contributed by atoms with Crippen molar-refractivity contribution in [3.8, 4) is 0 Å². The van der Waals surface area contributed by atoms with Gasteiger partial charge in [-0.15, -0.1) is 11.3 Å². The lowest BCUT2D eigenvalue weighted by Crippen LogP contribution is -2.47. The van der Waals surface area contributed by atoms with Crippen LogP contribution < -0.4 is 0 Å². The van der Waals surface area contributed by atoms with E-state index in [2.05, 4.69) is 25.5 Å². The third kappa shape index (κ3) is 2.69. The van der Waals surface area contributed by atoms with E-state index in [-0.39, 0.29) is 11.3 Å². The number of aromatic nitrogens is 3. The van der Waals surface area contributed by atoms with Gasteiger partial charge in [-0.25, -0.2) is 4.98 Å². The topological polar surface area (TPSA) is 61.9 Å². The van der Waals surface area contributed by atoms with E-state index in [9.17, 15) is 4.79 Å². The zero-order chi connectivity index (χ0) is 15.9. The number of aryl methyl sites for hydroxylation is 3. The maximum absolute atomic E-state index is 12.6. The predicted octanol–water partition coefficient (Wildman–Crippen LogP) is 2.61. The van der Waals surface area contributed by atoms with Crippen LogP contribution in [0.1, 0.15) is 47.6 Å². The van der Waals surface area contributed by atoms with Crippen LogP contribution in [0.3, 0.4) is 0 Å². The largest absolute Gasteiger partial charge is 0.342 e. The Morgan fingerprint density at radius 1 is 1.48 bits per heavy atom. The predicted molar refractivity (Wildman–Crippen MR) is 89.6 cm³/mol. The summed E-state index contributed by atoms with van der Waals surface area (Å²) in [4.78, 5) is 19.2. The maximum atomic E-state index is 12.6. The summed E-state index contributed by atoms with van der Waals surface area (Å²) in [6, 6.07) is 0. The molecule has 0 radical (unpaired) electrons. The lowest BCUT2D eigenvalue weighted by atomic mass is 9.77. The summed E-state index contributed by atoms with van der Waals surface area (Å²) in [6.45, 7) is 3.74. The molecule has 1 aliphatic heterocycles. The van der Waals surface area contributed by atoms with E-state index < -0.39 is 0 Å². The molecule has 0 aromatic carbocycles. The van der Waals surface area contributed by atoms with Gasteiger partial charge in [0.25, 0.3) is 0 Å². The van der Waals surface area contributed by atoms with Gasteiger partial charge in [-0.2, -0.15) is 5.10 Å². The van der Waals surface area contributed by atoms with Gasteiger partial charge >= 0.3 is 0 Å². The Labute approximate surface area is 140 Å². The number of nitrogens with zero attached hydrogens (tertiary/aromatic N) is 3. The molecule has 1 atom stereocenters. The second kappa shape index (κ2) is 5.74. The summed E-state index contributed by atoms with van der Waals surface area (Å²) >= 11 is 1.65. The first-order valence-electron chi connectivity index (χ1n) is 8.38. The number of aromatic amines is 1. The highest BCUT2D eigenvalue weighted by Crippen LogP contribution is 2.43. The molecule has 3 heterocycles. The third-order valence-corrected chi connectivity index (χ3v) is 6.13. The molecule has 122 valence electrons. The maximum Gasteiger partial charge on any atom is 0.222 e. The van der Waals surface area contributed by atoms with Crippen molar-refractivity contribution in [1.82, 2.24) is 20.1 Å². The molecule has 1 aliphatic carbocycles. The SMILES string of the molecule is Cc1nc(CCC(=O)N2CCCC3(CCc4cn[nH]c43)C2)cs1. The van der Waals surface area contributed by atoms with Crippen LogP contribution in [-0.4, -0.2) is 39.1 Å². The number of thiazole rings is 1. The summed E-state index contributed by atoms with van der Waals surface area (Å²) in [6.07, 6.45) is 7.75. The van der Waals surface area contributed by atoms with Crippen molar-refractivity contribution in [1.29, 1.82) is 0 Å². The first-order chi connectivity index (χ1) is 11.2. The second-order valence-corrected chi connectivity index (χ2v) is 7.89. The molecule has 0 bridgehead atoms. The molecule has 1 amide bonds. The van der Waals surface area contributed by atoms with Crippen LogP contribution in [0.4, 0.5) is 0 Å². The minimum atomic E-state index is 0.122. The Morgan fingerprint density at radius 2 is 2.39 bits per heavy atom. The lowest BCUT2D eigenvalue weighted by molar-refractivity contribution is -0.133. The average Bonchev–Trinajstić information content (AvgIpc) is 3.25. The van der Waals surface area contributed by atoms with Gasteiger partial charge in [0, 0.05) is 36.0 Å². The number of nitrogens with one attached hydrogen (secondary N) is 1. The number of rotatable bonds is 3. The molecule has 6 heteroatoms. The second-order valence-electron chi connectivity index (χ2n) is 6.83. The zero-order valence-corrected chi connectivity index (χ0v) is 14.3. The third-order valence-electron chi connectivity index (χ3n) is 5.31. The smallest absolute Gasteiger partial charge is 0.222 e. The van der Waals surface area contributed by atoms with E-state index in [1.165, 1.54) is 11.3 Å². The Hall–Kier alpha value is -1.69. The molecular weight excluding hydrogens is 308 g/mol. The molecule has 1 unspecified atom stereocenters. The van der Waals surface area contributed by atoms with Crippen LogP contribution in [0.2, 0.25) is 0 Å². The first-order valence-corrected chi connectivity index (χ1v) is 9.26. The van der Waals surface area contributed by atoms with Crippen LogP contribution in [-0.2, 0) is 23.1 Å². The molecule has 23 heavy (non-hydrogen) atoms. The quantitative estimate of drug-likeness (QED) is 0.941. The molecule has 1 N–H and O–H groups in total. The Balaban J connectivity index is 1.42. The standard InChI is InChI=1S/C17H22N4OS/c1-12-19-14(10-23-12)3-4-15(22)21-8-2-6-17(11-21)7-5-13-9-18-20-16(13)17/h9-10H,2-8,11H2,1H3,(H,18,20). The van der Waals surface area contributed by atoms with Gasteiger partial charge in [0.05, 0.1) is 16.9 Å². The Morgan fingerprint density at radius 3 is 3.22 bits per heavy atom. The van der Waals surface area contributed by atoms with Gasteiger partial charge in [0.2, 0.25) is 5.91 Å². The van der Waals surface area contributed by atoms with Crippen LogP contribution in [0.5, 0.6) is 0 Å². The summed E-state index contributed by atoms with van der Waals surface area (Å²) in [5, 5.41) is 10.5. The fourth-order valence-electron chi connectivity index (χ4n) is 4.13. The number of H-pyrrole nitrogens is 1. The molecule has 1 fully saturated rings. The molecule has 2 aromatic rings. The number of hydrogen-bond donors (Lipinski definition) is 1. The number of piperidine rings is 1. The average molecular weight is 330 g/mol. The molecular formula is C17H22N4OS. The number of hydrogen-bond acceptors (Lipinski definition) is 4. The minimum absolute atomic E-state index is 0.122. The van der Waals surface area contributed by atoms with Gasteiger partial charge < -0.3 is 4.90 Å². The molecule has 0 saturated carbocycles. The monoisotopic (exact) mass is 330 g/mol. The lowest BCUT2D eigenvalue weighted by Gasteiger charge is -2.40. The highest BCUT2D eigenvalue weighted by Gasteiger charge is 2.44. The van der Waals surface area contributed by atoms with E-state index in [1.54, 1.807) is 11.3 Å². The fourth-order valence-corrected chi connectivity index (χ4v) is 4.77. The van der Waals surface area contributed by atoms with Crippen molar-refractivity contribution in [2.24, 2.45) is 0 Å². The number of carbonyl (C=O) groups is 1. The number of likely N-dealkylation sites (tertiary alicyclic amines) is 1. The molecule has 2 aromatic heterocycles. The molecule has 4 rings (SSSR count). The number of amides is 1. The molecule has 5 nitrogen and oxygen atoms in total. The normalized spacial score (nSPS) is 23.4. The van der Waals surface area contributed by atoms with Crippen molar-refractivity contribution >= 4 is 17.2 Å². The van der Waals surface area contributed by atoms with E-state index in [0.717, 1.165) is 55.9 Å². The number of carbonyl (C=O) groups excluding carboxylic acids is 1. The molecule has 2 aliphatic rings. The van der Waals surface area contributed by atoms with E-state index >= 15 is 0 Å². The van der Waals surface area contributed by atoms with Crippen molar-refractivity contribution in [3.63, 3.8) is 0 Å². The van der Waals surface area contributed by atoms with Gasteiger partial charge in [-0.1, -0.05) is 0 Å². The summed E-state index contributed by atoms with van der Waals surface area (Å²) in [5.41, 5.74) is 3.79. The van der Waals surface area contributed by atoms with Crippen molar-refractivity contribution in [3.05, 3.63) is 33.5 Å². The van der Waals surface area contributed by atoms with Crippen molar-refractivity contribution < 1.29 is 4.79 Å². The molecule has 1 spiro atoms. The Kier molecular flexibility index (Phi) is 3.71. The van der Waals surface area contributed by atoms with Gasteiger partial charge in [0.1, 0.15) is 0 Å². The van der Waals surface area contributed by atoms with Crippen molar-refractivity contribution in [2.45, 2.75) is 50.9 Å². The van der Waals surface area contributed by atoms with Crippen LogP contribution in [0, 0.1) is 6.92 Å². The highest BCUT2D eigenvalue weighted by atomic mass is 32.1. The van der Waals surface area contributed by atoms with Gasteiger partial charge in [-0.3, -0.25) is 9.89 Å². The highest BCUT2D eigenvalue weighted by molar-refractivity contribution is 7.09. The van der Waals surface area contributed by atoms with Gasteiger partial charge in [-0.05, 0) is 44.6 Å². The first kappa shape index (κ1) is 14.9. The van der Waals surface area contributed by atoms with Crippen LogP contribution in [0.15, 0.2) is 11.6 Å². The van der Waals surface area contributed by atoms with Gasteiger partial charge in [0.15, 0.2) is 0 Å². The summed E-state index contributed by atoms with van der Waals surface area (Å²) in [5.74, 6) is 0.266. The fraction of sp³-hybridized carbons (Fsp3) is 0.588. The van der Waals surface area contributed by atoms with E-state index in [1.807, 2.05) is 13.1 Å². The van der Waals surface area contributed by atoms with Crippen LogP contribution in [0.25, 0.3) is 0 Å². The Bertz CT molecular complexity index is 722. The van der Waals surface area contributed by atoms with E-state index in [4.69, 9.17) is 0 Å². The van der Waals surface area contributed by atoms with E-state index in [0.29, 0.717) is 6.42 Å². The summed E-state index contributed by atoms with van der Waals surface area (Å²) < 4.78 is 0.